The Morgan fingerprint density at radius 1 is 1.08 bits per heavy atom. The lowest BCUT2D eigenvalue weighted by Crippen LogP contribution is -2.27. The van der Waals surface area contributed by atoms with Gasteiger partial charge in [0.2, 0.25) is 0 Å². The summed E-state index contributed by atoms with van der Waals surface area (Å²) in [5.41, 5.74) is 4.02. The van der Waals surface area contributed by atoms with Crippen LogP contribution in [0.5, 0.6) is 0 Å². The molecule has 0 saturated carbocycles. The number of hydrogen-bond donors (Lipinski definition) is 2. The van der Waals surface area contributed by atoms with Crippen molar-refractivity contribution < 1.29 is 4.79 Å². The van der Waals surface area contributed by atoms with Gasteiger partial charge in [-0.25, -0.2) is 0 Å². The van der Waals surface area contributed by atoms with Gasteiger partial charge in [0, 0.05) is 44.1 Å². The molecule has 0 aliphatic heterocycles. The summed E-state index contributed by atoms with van der Waals surface area (Å²) in [5.74, 6) is 0.420. The van der Waals surface area contributed by atoms with Gasteiger partial charge in [-0.2, -0.15) is 0 Å². The molecule has 24 heavy (non-hydrogen) atoms. The van der Waals surface area contributed by atoms with Gasteiger partial charge in [0.05, 0.1) is 0 Å². The van der Waals surface area contributed by atoms with Crippen LogP contribution in [0.3, 0.4) is 0 Å². The first kappa shape index (κ1) is 17.9. The standard InChI is InChI=1S/C20H27N3O/c1-15(2)13-22-20(24)17-6-5-7-18(12-17)21-14-16-8-10-19(11-9-16)23(3)4/h5-12,15,21H,13-14H2,1-4H3,(H,22,24). The van der Waals surface area contributed by atoms with Crippen molar-refractivity contribution in [3.8, 4) is 0 Å². The first-order valence-corrected chi connectivity index (χ1v) is 8.34. The minimum atomic E-state index is -0.0253. The van der Waals surface area contributed by atoms with Gasteiger partial charge in [0.1, 0.15) is 0 Å². The van der Waals surface area contributed by atoms with E-state index in [0.29, 0.717) is 18.0 Å². The highest BCUT2D eigenvalue weighted by molar-refractivity contribution is 5.95. The van der Waals surface area contributed by atoms with Crippen LogP contribution in [0.15, 0.2) is 48.5 Å². The number of hydrogen-bond acceptors (Lipinski definition) is 3. The topological polar surface area (TPSA) is 44.4 Å². The molecule has 0 heterocycles. The van der Waals surface area contributed by atoms with Crippen molar-refractivity contribution in [1.82, 2.24) is 5.32 Å². The van der Waals surface area contributed by atoms with E-state index in [0.717, 1.165) is 12.2 Å². The summed E-state index contributed by atoms with van der Waals surface area (Å²) in [6.07, 6.45) is 0. The Bertz CT molecular complexity index is 663. The highest BCUT2D eigenvalue weighted by Gasteiger charge is 2.06. The summed E-state index contributed by atoms with van der Waals surface area (Å²) in [4.78, 5) is 14.2. The first-order chi connectivity index (χ1) is 11.5. The lowest BCUT2D eigenvalue weighted by molar-refractivity contribution is 0.0949. The van der Waals surface area contributed by atoms with Crippen LogP contribution in [-0.2, 0) is 6.54 Å². The lowest BCUT2D eigenvalue weighted by atomic mass is 10.1. The Balaban J connectivity index is 1.95. The van der Waals surface area contributed by atoms with Crippen LogP contribution in [0.25, 0.3) is 0 Å². The molecule has 0 unspecified atom stereocenters. The van der Waals surface area contributed by atoms with Gasteiger partial charge in [-0.05, 0) is 41.8 Å². The molecule has 4 nitrogen and oxygen atoms in total. The van der Waals surface area contributed by atoms with E-state index in [1.54, 1.807) is 0 Å². The zero-order valence-electron chi connectivity index (χ0n) is 15.0. The predicted octanol–water partition coefficient (Wildman–Crippen LogP) is 3.75. The highest BCUT2D eigenvalue weighted by atomic mass is 16.1. The third kappa shape index (κ3) is 5.30. The van der Waals surface area contributed by atoms with Gasteiger partial charge >= 0.3 is 0 Å². The first-order valence-electron chi connectivity index (χ1n) is 8.34. The fourth-order valence-corrected chi connectivity index (χ4v) is 2.29. The summed E-state index contributed by atoms with van der Waals surface area (Å²) in [5, 5.41) is 6.32. The third-order valence-electron chi connectivity index (χ3n) is 3.75. The average molecular weight is 325 g/mol. The number of nitrogens with one attached hydrogen (secondary N) is 2. The summed E-state index contributed by atoms with van der Waals surface area (Å²) >= 11 is 0. The van der Waals surface area contributed by atoms with Gasteiger partial charge in [0.15, 0.2) is 0 Å². The van der Waals surface area contributed by atoms with Crippen molar-refractivity contribution in [3.63, 3.8) is 0 Å². The quantitative estimate of drug-likeness (QED) is 0.815. The summed E-state index contributed by atoms with van der Waals surface area (Å²) in [7, 11) is 4.06. The van der Waals surface area contributed by atoms with Crippen LogP contribution in [0.4, 0.5) is 11.4 Å². The number of rotatable bonds is 7. The monoisotopic (exact) mass is 325 g/mol. The van der Waals surface area contributed by atoms with Crippen molar-refractivity contribution in [2.45, 2.75) is 20.4 Å². The fraction of sp³-hybridized carbons (Fsp3) is 0.350. The molecular formula is C20H27N3O. The zero-order valence-corrected chi connectivity index (χ0v) is 15.0. The minimum Gasteiger partial charge on any atom is -0.381 e. The van der Waals surface area contributed by atoms with E-state index in [2.05, 4.69) is 53.6 Å². The summed E-state index contributed by atoms with van der Waals surface area (Å²) < 4.78 is 0. The Labute approximate surface area is 144 Å². The molecule has 4 heteroatoms. The maximum atomic E-state index is 12.1. The van der Waals surface area contributed by atoms with Crippen molar-refractivity contribution in [1.29, 1.82) is 0 Å². The Morgan fingerprint density at radius 2 is 1.79 bits per heavy atom. The van der Waals surface area contributed by atoms with E-state index in [1.165, 1.54) is 11.3 Å². The van der Waals surface area contributed by atoms with Crippen LogP contribution >= 0.6 is 0 Å². The van der Waals surface area contributed by atoms with Crippen LogP contribution in [0.1, 0.15) is 29.8 Å². The molecule has 0 fully saturated rings. The largest absolute Gasteiger partial charge is 0.381 e. The molecule has 128 valence electrons. The van der Waals surface area contributed by atoms with E-state index in [9.17, 15) is 4.79 Å². The van der Waals surface area contributed by atoms with Crippen molar-refractivity contribution in [2.75, 3.05) is 30.9 Å². The molecule has 0 spiro atoms. The number of nitrogens with zero attached hydrogens (tertiary/aromatic N) is 1. The van der Waals surface area contributed by atoms with E-state index in [4.69, 9.17) is 0 Å². The van der Waals surface area contributed by atoms with Gasteiger partial charge in [-0.15, -0.1) is 0 Å². The number of carbonyl (C=O) groups excluding carboxylic acids is 1. The second-order valence-electron chi connectivity index (χ2n) is 6.60. The van der Waals surface area contributed by atoms with Gasteiger partial charge in [0.25, 0.3) is 5.91 Å². The second kappa shape index (κ2) is 8.39. The molecule has 0 saturated heterocycles. The Kier molecular flexibility index (Phi) is 6.24. The van der Waals surface area contributed by atoms with Crippen molar-refractivity contribution in [2.24, 2.45) is 5.92 Å². The molecule has 1 amide bonds. The molecule has 2 aromatic carbocycles. The van der Waals surface area contributed by atoms with Crippen molar-refractivity contribution >= 4 is 17.3 Å². The van der Waals surface area contributed by atoms with E-state index >= 15 is 0 Å². The van der Waals surface area contributed by atoms with Crippen molar-refractivity contribution in [3.05, 3.63) is 59.7 Å². The second-order valence-corrected chi connectivity index (χ2v) is 6.60. The average Bonchev–Trinajstić information content (AvgIpc) is 2.58. The number of anilines is 2. The normalized spacial score (nSPS) is 10.5. The van der Waals surface area contributed by atoms with Crippen LogP contribution in [-0.4, -0.2) is 26.5 Å². The molecule has 0 aromatic heterocycles. The molecule has 0 radical (unpaired) electrons. The SMILES string of the molecule is CC(C)CNC(=O)c1cccc(NCc2ccc(N(C)C)cc2)c1. The van der Waals surface area contributed by atoms with Crippen LogP contribution < -0.4 is 15.5 Å². The molecule has 2 aromatic rings. The molecule has 2 rings (SSSR count). The van der Waals surface area contributed by atoms with Crippen LogP contribution in [0, 0.1) is 5.92 Å². The van der Waals surface area contributed by atoms with Gasteiger partial charge < -0.3 is 15.5 Å². The third-order valence-corrected chi connectivity index (χ3v) is 3.75. The predicted molar refractivity (Wildman–Crippen MR) is 102 cm³/mol. The molecule has 0 aliphatic rings. The Hall–Kier alpha value is -2.49. The summed E-state index contributed by atoms with van der Waals surface area (Å²) in [6, 6.07) is 16.0. The molecule has 0 atom stereocenters. The maximum absolute atomic E-state index is 12.1. The number of benzene rings is 2. The number of amides is 1. The fourth-order valence-electron chi connectivity index (χ4n) is 2.29. The smallest absolute Gasteiger partial charge is 0.251 e. The van der Waals surface area contributed by atoms with Gasteiger partial charge in [-0.1, -0.05) is 32.0 Å². The maximum Gasteiger partial charge on any atom is 0.251 e. The van der Waals surface area contributed by atoms with E-state index in [-0.39, 0.29) is 5.91 Å². The van der Waals surface area contributed by atoms with E-state index < -0.39 is 0 Å². The molecular weight excluding hydrogens is 298 g/mol. The molecule has 0 bridgehead atoms. The molecule has 2 N–H and O–H groups in total. The van der Waals surface area contributed by atoms with Crippen LogP contribution in [0.2, 0.25) is 0 Å². The number of carbonyl (C=O) groups is 1. The minimum absolute atomic E-state index is 0.0253. The van der Waals surface area contributed by atoms with E-state index in [1.807, 2.05) is 38.4 Å². The highest BCUT2D eigenvalue weighted by Crippen LogP contribution is 2.15. The summed E-state index contributed by atoms with van der Waals surface area (Å²) in [6.45, 7) is 5.58. The zero-order chi connectivity index (χ0) is 17.5. The Morgan fingerprint density at radius 3 is 2.42 bits per heavy atom. The lowest BCUT2D eigenvalue weighted by Gasteiger charge is -2.13. The van der Waals surface area contributed by atoms with Gasteiger partial charge in [-0.3, -0.25) is 4.79 Å². The molecule has 0 aliphatic carbocycles.